The molecule has 1 N–H and O–H groups in total. The molecule has 6 heteroatoms. The van der Waals surface area contributed by atoms with Crippen LogP contribution in [0.3, 0.4) is 0 Å². The largest absolute Gasteiger partial charge is 0.420 e. The zero-order chi connectivity index (χ0) is 19.6. The van der Waals surface area contributed by atoms with E-state index in [1.165, 1.54) is 0 Å². The summed E-state index contributed by atoms with van der Waals surface area (Å²) >= 11 is 6.28. The molecular weight excluding hydrogens is 362 g/mol. The van der Waals surface area contributed by atoms with Crippen LogP contribution in [0.1, 0.15) is 35.4 Å². The van der Waals surface area contributed by atoms with Crippen molar-refractivity contribution in [1.82, 2.24) is 10.2 Å². The van der Waals surface area contributed by atoms with Gasteiger partial charge < -0.3 is 9.52 Å². The molecule has 0 amide bonds. The Bertz CT molecular complexity index is 988. The first-order chi connectivity index (χ1) is 12.9. The second-order valence-corrected chi connectivity index (χ2v) is 7.04. The fourth-order valence-corrected chi connectivity index (χ4v) is 3.14. The molecule has 1 heterocycles. The van der Waals surface area contributed by atoms with Crippen LogP contribution in [0.25, 0.3) is 16.3 Å². The van der Waals surface area contributed by atoms with Crippen molar-refractivity contribution in [3.8, 4) is 11.5 Å². The van der Waals surface area contributed by atoms with Crippen LogP contribution in [0, 0.1) is 20.4 Å². The van der Waals surface area contributed by atoms with E-state index < -0.39 is 6.10 Å². The molecule has 5 nitrogen and oxygen atoms in total. The molecule has 1 aromatic heterocycles. The summed E-state index contributed by atoms with van der Waals surface area (Å²) in [6, 6.07) is 11.4. The van der Waals surface area contributed by atoms with Gasteiger partial charge in [-0.2, -0.15) is 0 Å². The molecule has 0 aliphatic rings. The molecule has 0 aliphatic heterocycles. The monoisotopic (exact) mass is 381 g/mol. The molecule has 2 atom stereocenters. The van der Waals surface area contributed by atoms with Crippen molar-refractivity contribution in [3.63, 3.8) is 0 Å². The highest BCUT2D eigenvalue weighted by Crippen LogP contribution is 2.34. The quantitative estimate of drug-likeness (QED) is 0.612. The van der Waals surface area contributed by atoms with E-state index in [1.54, 1.807) is 13.0 Å². The normalized spacial score (nSPS) is 13.2. The van der Waals surface area contributed by atoms with Crippen molar-refractivity contribution in [2.24, 2.45) is 0 Å². The molecule has 0 radical (unpaired) electrons. The topological polar surface area (TPSA) is 63.5 Å². The highest BCUT2D eigenvalue weighted by molar-refractivity contribution is 6.34. The van der Waals surface area contributed by atoms with Crippen molar-refractivity contribution in [2.75, 3.05) is 0 Å². The molecular formula is C21H20ClN3O2. The molecule has 0 saturated heterocycles. The lowest BCUT2D eigenvalue weighted by atomic mass is 9.92. The van der Waals surface area contributed by atoms with E-state index in [9.17, 15) is 5.11 Å². The van der Waals surface area contributed by atoms with E-state index in [0.29, 0.717) is 28.9 Å². The molecule has 27 heavy (non-hydrogen) atoms. The van der Waals surface area contributed by atoms with Crippen LogP contribution in [0.5, 0.6) is 0 Å². The van der Waals surface area contributed by atoms with Gasteiger partial charge in [-0.1, -0.05) is 41.4 Å². The van der Waals surface area contributed by atoms with Crippen molar-refractivity contribution < 1.29 is 9.52 Å². The number of aromatic nitrogens is 2. The molecule has 0 bridgehead atoms. The number of benzene rings is 2. The van der Waals surface area contributed by atoms with Crippen LogP contribution >= 0.6 is 11.6 Å². The van der Waals surface area contributed by atoms with Gasteiger partial charge in [-0.25, -0.2) is 4.85 Å². The highest BCUT2D eigenvalue weighted by atomic mass is 35.5. The predicted octanol–water partition coefficient (Wildman–Crippen LogP) is 5.26. The smallest absolute Gasteiger partial charge is 0.247 e. The molecule has 138 valence electrons. The van der Waals surface area contributed by atoms with Gasteiger partial charge in [0.25, 0.3) is 0 Å². The number of aliphatic hydroxyl groups is 1. The zero-order valence-electron chi connectivity index (χ0n) is 15.4. The molecule has 0 aliphatic carbocycles. The van der Waals surface area contributed by atoms with Crippen molar-refractivity contribution >= 4 is 17.3 Å². The van der Waals surface area contributed by atoms with Gasteiger partial charge >= 0.3 is 0 Å². The molecule has 0 fully saturated rings. The zero-order valence-corrected chi connectivity index (χ0v) is 16.2. The van der Waals surface area contributed by atoms with E-state index in [0.717, 1.165) is 22.3 Å². The Morgan fingerprint density at radius 1 is 1.15 bits per heavy atom. The number of halogens is 1. The third kappa shape index (κ3) is 4.02. The van der Waals surface area contributed by atoms with E-state index >= 15 is 0 Å². The van der Waals surface area contributed by atoms with Crippen LogP contribution in [0.15, 0.2) is 40.8 Å². The summed E-state index contributed by atoms with van der Waals surface area (Å²) in [5, 5.41) is 19.0. The van der Waals surface area contributed by atoms with Crippen LogP contribution in [-0.2, 0) is 6.42 Å². The van der Waals surface area contributed by atoms with Crippen LogP contribution < -0.4 is 0 Å². The number of aliphatic hydroxyl groups excluding tert-OH is 1. The van der Waals surface area contributed by atoms with Crippen molar-refractivity contribution in [2.45, 2.75) is 39.2 Å². The fraction of sp³-hybridized carbons (Fsp3) is 0.286. The van der Waals surface area contributed by atoms with Crippen molar-refractivity contribution in [3.05, 3.63) is 75.4 Å². The minimum absolute atomic E-state index is 0.370. The Kier molecular flexibility index (Phi) is 5.59. The summed E-state index contributed by atoms with van der Waals surface area (Å²) in [7, 11) is 0. The highest BCUT2D eigenvalue weighted by Gasteiger charge is 2.26. The summed E-state index contributed by atoms with van der Waals surface area (Å²) in [6.45, 7) is 12.7. The minimum Gasteiger partial charge on any atom is -0.420 e. The third-order valence-electron chi connectivity index (χ3n) is 4.68. The maximum atomic E-state index is 10.3. The minimum atomic E-state index is -0.685. The van der Waals surface area contributed by atoms with E-state index in [-0.39, 0.29) is 5.92 Å². The van der Waals surface area contributed by atoms with Crippen LogP contribution in [0.2, 0.25) is 5.02 Å². The lowest BCUT2D eigenvalue weighted by Gasteiger charge is -2.18. The Morgan fingerprint density at radius 3 is 2.48 bits per heavy atom. The van der Waals surface area contributed by atoms with Gasteiger partial charge in [0, 0.05) is 5.56 Å². The fourth-order valence-electron chi connectivity index (χ4n) is 2.92. The van der Waals surface area contributed by atoms with E-state index in [2.05, 4.69) is 15.0 Å². The van der Waals surface area contributed by atoms with Gasteiger partial charge in [0.05, 0.1) is 23.6 Å². The molecule has 0 spiro atoms. The molecule has 3 aromatic rings. The maximum Gasteiger partial charge on any atom is 0.247 e. The lowest BCUT2D eigenvalue weighted by molar-refractivity contribution is 0.148. The Balaban J connectivity index is 1.90. The number of nitrogens with zero attached hydrogens (tertiary/aromatic N) is 3. The van der Waals surface area contributed by atoms with Gasteiger partial charge in [0.2, 0.25) is 17.5 Å². The van der Waals surface area contributed by atoms with Gasteiger partial charge in [-0.3, -0.25) is 0 Å². The number of hydrogen-bond donors (Lipinski definition) is 1. The SMILES string of the molecule is [C-]#[N+]c1ccc(C[C@@H](c2nnc(-c3ccc(C)cc3)o2)[C@@H](C)O)c(C)c1Cl. The second-order valence-electron chi connectivity index (χ2n) is 6.66. The molecule has 0 unspecified atom stereocenters. The first kappa shape index (κ1) is 19.1. The number of aryl methyl sites for hydroxylation is 1. The number of hydrogen-bond acceptors (Lipinski definition) is 4. The van der Waals surface area contributed by atoms with Gasteiger partial charge in [0.1, 0.15) is 0 Å². The van der Waals surface area contributed by atoms with Crippen LogP contribution in [0.4, 0.5) is 5.69 Å². The summed E-state index contributed by atoms with van der Waals surface area (Å²) in [5.41, 5.74) is 4.17. The average molecular weight is 382 g/mol. The first-order valence-corrected chi connectivity index (χ1v) is 9.02. The molecule has 0 saturated carbocycles. The van der Waals surface area contributed by atoms with Gasteiger partial charge in [0.15, 0.2) is 0 Å². The lowest BCUT2D eigenvalue weighted by Crippen LogP contribution is -2.18. The van der Waals surface area contributed by atoms with Gasteiger partial charge in [-0.15, -0.1) is 10.2 Å². The van der Waals surface area contributed by atoms with E-state index in [1.807, 2.05) is 44.2 Å². The predicted molar refractivity (Wildman–Crippen MR) is 105 cm³/mol. The second kappa shape index (κ2) is 7.91. The maximum absolute atomic E-state index is 10.3. The summed E-state index contributed by atoms with van der Waals surface area (Å²) in [4.78, 5) is 3.42. The summed E-state index contributed by atoms with van der Waals surface area (Å²) in [5.74, 6) is 0.435. The van der Waals surface area contributed by atoms with Crippen LogP contribution in [-0.4, -0.2) is 21.4 Å². The Labute approximate surface area is 163 Å². The average Bonchev–Trinajstić information content (AvgIpc) is 3.13. The summed E-state index contributed by atoms with van der Waals surface area (Å²) in [6.07, 6.45) is -0.202. The third-order valence-corrected chi connectivity index (χ3v) is 5.15. The van der Waals surface area contributed by atoms with E-state index in [4.69, 9.17) is 22.6 Å². The number of rotatable bonds is 5. The Hall–Kier alpha value is -2.68. The first-order valence-electron chi connectivity index (χ1n) is 8.64. The summed E-state index contributed by atoms with van der Waals surface area (Å²) < 4.78 is 5.86. The standard InChI is InChI=1S/C21H20ClN3O2/c1-12-5-7-15(8-6-12)20-24-25-21(27-20)17(14(3)26)11-16-9-10-18(23-4)19(22)13(16)2/h5-10,14,17,26H,11H2,1-3H3/t14-,17-/m1/s1. The Morgan fingerprint density at radius 2 is 1.85 bits per heavy atom. The molecule has 2 aromatic carbocycles. The van der Waals surface area contributed by atoms with Crippen molar-refractivity contribution in [1.29, 1.82) is 0 Å². The molecule has 3 rings (SSSR count). The van der Waals surface area contributed by atoms with Gasteiger partial charge in [-0.05, 0) is 50.5 Å².